The number of nitrogens with two attached hydrogens (primary N) is 1. The third kappa shape index (κ3) is 5.31. The molecule has 7 heteroatoms. The summed E-state index contributed by atoms with van der Waals surface area (Å²) < 4.78 is 0. The molecule has 3 N–H and O–H groups in total. The van der Waals surface area contributed by atoms with Gasteiger partial charge in [0.25, 0.3) is 0 Å². The van der Waals surface area contributed by atoms with Crippen LogP contribution in [0.15, 0.2) is 60.7 Å². The van der Waals surface area contributed by atoms with Crippen molar-refractivity contribution in [3.8, 4) is 0 Å². The van der Waals surface area contributed by atoms with Crippen LogP contribution in [0.1, 0.15) is 50.2 Å². The fourth-order valence-electron chi connectivity index (χ4n) is 5.68. The Kier molecular flexibility index (Phi) is 7.50. The molecule has 2 aliphatic rings. The number of carbonyl (C=O) groups excluding carboxylic acids is 3. The minimum atomic E-state index is -1.10. The molecule has 2 aliphatic heterocycles. The lowest BCUT2D eigenvalue weighted by Gasteiger charge is -2.43. The fourth-order valence-corrected chi connectivity index (χ4v) is 5.68. The molecule has 3 amide bonds. The molecule has 2 saturated heterocycles. The largest absolute Gasteiger partial charge is 0.345 e. The van der Waals surface area contributed by atoms with Gasteiger partial charge in [-0.2, -0.15) is 0 Å². The number of amides is 3. The number of piperidine rings is 1. The maximum Gasteiger partial charge on any atom is 0.245 e. The zero-order valence-electron chi connectivity index (χ0n) is 21.6. The summed E-state index contributed by atoms with van der Waals surface area (Å²) in [5.41, 5.74) is 6.52. The Morgan fingerprint density at radius 2 is 1.75 bits per heavy atom. The Morgan fingerprint density at radius 3 is 2.39 bits per heavy atom. The van der Waals surface area contributed by atoms with Crippen molar-refractivity contribution >= 4 is 17.7 Å². The molecule has 0 aromatic heterocycles. The molecular weight excluding hydrogens is 452 g/mol. The molecule has 2 unspecified atom stereocenters. The van der Waals surface area contributed by atoms with Crippen molar-refractivity contribution in [3.63, 3.8) is 0 Å². The molecular formula is C29H38N4O3. The normalized spacial score (nSPS) is 23.1. The van der Waals surface area contributed by atoms with Crippen molar-refractivity contribution in [2.24, 2.45) is 11.1 Å². The molecule has 36 heavy (non-hydrogen) atoms. The molecule has 0 bridgehead atoms. The molecule has 0 radical (unpaired) electrons. The lowest BCUT2D eigenvalue weighted by atomic mass is 9.69. The number of likely N-dealkylation sites (N-methyl/N-ethyl adjacent to an activating group) is 1. The first-order valence-electron chi connectivity index (χ1n) is 12.8. The van der Waals surface area contributed by atoms with E-state index in [4.69, 9.17) is 5.73 Å². The maximum absolute atomic E-state index is 13.9. The Labute approximate surface area is 214 Å². The number of benzene rings is 2. The summed E-state index contributed by atoms with van der Waals surface area (Å²) in [5, 5.41) is 2.92. The van der Waals surface area contributed by atoms with Gasteiger partial charge in [-0.3, -0.25) is 14.4 Å². The summed E-state index contributed by atoms with van der Waals surface area (Å²) in [6.45, 7) is 4.84. The van der Waals surface area contributed by atoms with Gasteiger partial charge in [0.05, 0.1) is 11.0 Å². The van der Waals surface area contributed by atoms with Gasteiger partial charge in [0.15, 0.2) is 0 Å². The predicted octanol–water partition coefficient (Wildman–Crippen LogP) is 2.71. The number of nitrogens with one attached hydrogen (secondary N) is 1. The Balaban J connectivity index is 1.58. The average molecular weight is 491 g/mol. The van der Waals surface area contributed by atoms with Crippen molar-refractivity contribution in [3.05, 3.63) is 71.8 Å². The van der Waals surface area contributed by atoms with Crippen LogP contribution in [0.4, 0.5) is 0 Å². The molecule has 0 saturated carbocycles. The van der Waals surface area contributed by atoms with Crippen molar-refractivity contribution in [1.29, 1.82) is 0 Å². The lowest BCUT2D eigenvalue weighted by molar-refractivity contribution is -0.146. The van der Waals surface area contributed by atoms with E-state index in [1.54, 1.807) is 23.6 Å². The van der Waals surface area contributed by atoms with E-state index in [2.05, 4.69) is 17.4 Å². The summed E-state index contributed by atoms with van der Waals surface area (Å²) >= 11 is 0. The Bertz CT molecular complexity index is 1080. The van der Waals surface area contributed by atoms with E-state index in [9.17, 15) is 14.4 Å². The standard InChI is InChI=1S/C29H38N4O3/c1-28(2,30)26(35)31-24(16-15-21-11-6-4-7-12-21)25(34)33-18-10-17-29(20-33)23(19-32(3)27(29)36)22-13-8-5-9-14-22/h4-9,11-14,23-24H,10,15-20,30H2,1-3H3,(H,31,35)/t23?,24-,29?/m1/s1. The fraction of sp³-hybridized carbons (Fsp3) is 0.483. The first-order valence-corrected chi connectivity index (χ1v) is 12.8. The number of likely N-dealkylation sites (tertiary alicyclic amines) is 2. The van der Waals surface area contributed by atoms with Crippen LogP contribution in [0, 0.1) is 5.41 Å². The van der Waals surface area contributed by atoms with Gasteiger partial charge in [-0.15, -0.1) is 0 Å². The van der Waals surface area contributed by atoms with E-state index in [-0.39, 0.29) is 23.6 Å². The summed E-state index contributed by atoms with van der Waals surface area (Å²) in [4.78, 5) is 43.8. The minimum Gasteiger partial charge on any atom is -0.345 e. The van der Waals surface area contributed by atoms with Crippen molar-refractivity contribution < 1.29 is 14.4 Å². The molecule has 1 spiro atoms. The van der Waals surface area contributed by atoms with Gasteiger partial charge in [-0.1, -0.05) is 60.7 Å². The van der Waals surface area contributed by atoms with Gasteiger partial charge in [0, 0.05) is 32.6 Å². The van der Waals surface area contributed by atoms with Crippen LogP contribution in [0.2, 0.25) is 0 Å². The highest BCUT2D eigenvalue weighted by molar-refractivity contribution is 5.92. The zero-order chi connectivity index (χ0) is 25.9. The van der Waals surface area contributed by atoms with E-state index < -0.39 is 17.0 Å². The van der Waals surface area contributed by atoms with Gasteiger partial charge in [0.2, 0.25) is 17.7 Å². The second-order valence-corrected chi connectivity index (χ2v) is 10.9. The van der Waals surface area contributed by atoms with Crippen LogP contribution in [0.3, 0.4) is 0 Å². The number of hydrogen-bond acceptors (Lipinski definition) is 4. The number of nitrogens with zero attached hydrogens (tertiary/aromatic N) is 2. The van der Waals surface area contributed by atoms with Crippen LogP contribution in [0.5, 0.6) is 0 Å². The van der Waals surface area contributed by atoms with Crippen LogP contribution in [-0.2, 0) is 20.8 Å². The summed E-state index contributed by atoms with van der Waals surface area (Å²) in [7, 11) is 1.85. The van der Waals surface area contributed by atoms with Gasteiger partial charge >= 0.3 is 0 Å². The molecule has 7 nitrogen and oxygen atoms in total. The van der Waals surface area contributed by atoms with Crippen LogP contribution in [0.25, 0.3) is 0 Å². The highest BCUT2D eigenvalue weighted by Gasteiger charge is 2.55. The topological polar surface area (TPSA) is 95.7 Å². The lowest BCUT2D eigenvalue weighted by Crippen LogP contribution is -2.59. The SMILES string of the molecule is CN1CC(c2ccccc2)C2(CCCN(C(=O)[C@@H](CCc3ccccc3)NC(=O)C(C)(C)N)C2)C1=O. The predicted molar refractivity (Wildman–Crippen MR) is 140 cm³/mol. The first kappa shape index (κ1) is 25.9. The third-order valence-electron chi connectivity index (χ3n) is 7.69. The summed E-state index contributed by atoms with van der Waals surface area (Å²) in [5.74, 6) is -0.384. The number of aryl methyl sites for hydroxylation is 1. The van der Waals surface area contributed by atoms with Crippen molar-refractivity contribution in [2.45, 2.75) is 57.0 Å². The van der Waals surface area contributed by atoms with Crippen LogP contribution >= 0.6 is 0 Å². The van der Waals surface area contributed by atoms with E-state index in [0.29, 0.717) is 32.5 Å². The Morgan fingerprint density at radius 1 is 1.11 bits per heavy atom. The van der Waals surface area contributed by atoms with E-state index in [1.165, 1.54) is 0 Å². The first-order chi connectivity index (χ1) is 17.1. The number of rotatable bonds is 7. The number of carbonyl (C=O) groups is 3. The third-order valence-corrected chi connectivity index (χ3v) is 7.69. The molecule has 3 atom stereocenters. The van der Waals surface area contributed by atoms with Gasteiger partial charge in [-0.05, 0) is 50.7 Å². The highest BCUT2D eigenvalue weighted by atomic mass is 16.2. The van der Waals surface area contributed by atoms with Crippen molar-refractivity contribution in [2.75, 3.05) is 26.7 Å². The second kappa shape index (κ2) is 10.4. The molecule has 2 aromatic carbocycles. The molecule has 2 aromatic rings. The second-order valence-electron chi connectivity index (χ2n) is 10.9. The summed E-state index contributed by atoms with van der Waals surface area (Å²) in [6.07, 6.45) is 2.60. The summed E-state index contributed by atoms with van der Waals surface area (Å²) in [6, 6.07) is 19.3. The molecule has 192 valence electrons. The molecule has 4 rings (SSSR count). The maximum atomic E-state index is 13.9. The van der Waals surface area contributed by atoms with Crippen LogP contribution in [-0.4, -0.2) is 65.8 Å². The van der Waals surface area contributed by atoms with Crippen molar-refractivity contribution in [1.82, 2.24) is 15.1 Å². The van der Waals surface area contributed by atoms with E-state index in [1.807, 2.05) is 55.6 Å². The van der Waals surface area contributed by atoms with Gasteiger partial charge in [-0.25, -0.2) is 0 Å². The molecule has 0 aliphatic carbocycles. The van der Waals surface area contributed by atoms with Crippen LogP contribution < -0.4 is 11.1 Å². The molecule has 2 heterocycles. The smallest absolute Gasteiger partial charge is 0.245 e. The number of hydrogen-bond donors (Lipinski definition) is 2. The minimum absolute atomic E-state index is 0.0205. The van der Waals surface area contributed by atoms with Gasteiger partial charge < -0.3 is 20.9 Å². The van der Waals surface area contributed by atoms with Gasteiger partial charge in [0.1, 0.15) is 6.04 Å². The Hall–Kier alpha value is -3.19. The molecule has 2 fully saturated rings. The zero-order valence-corrected chi connectivity index (χ0v) is 21.6. The van der Waals surface area contributed by atoms with E-state index in [0.717, 1.165) is 24.0 Å². The quantitative estimate of drug-likeness (QED) is 0.624. The highest BCUT2D eigenvalue weighted by Crippen LogP contribution is 2.49. The van der Waals surface area contributed by atoms with E-state index >= 15 is 0 Å². The monoisotopic (exact) mass is 490 g/mol. The average Bonchev–Trinajstić information content (AvgIpc) is 3.11.